The third-order valence-electron chi connectivity index (χ3n) is 1.61. The van der Waals surface area contributed by atoms with Gasteiger partial charge < -0.3 is 0 Å². The molecule has 0 aliphatic heterocycles. The molecule has 1 aromatic carbocycles. The maximum atomic E-state index is 10.7. The van der Waals surface area contributed by atoms with E-state index in [9.17, 15) is 10.1 Å². The van der Waals surface area contributed by atoms with Crippen molar-refractivity contribution in [3.63, 3.8) is 0 Å². The van der Waals surface area contributed by atoms with E-state index in [0.717, 1.165) is 0 Å². The highest BCUT2D eigenvalue weighted by Gasteiger charge is 2.13. The van der Waals surface area contributed by atoms with Gasteiger partial charge in [0, 0.05) is 11.0 Å². The van der Waals surface area contributed by atoms with Gasteiger partial charge in [0.2, 0.25) is 0 Å². The van der Waals surface area contributed by atoms with Crippen LogP contribution in [0.1, 0.15) is 5.56 Å². The van der Waals surface area contributed by atoms with Gasteiger partial charge in [-0.2, -0.15) is 0 Å². The summed E-state index contributed by atoms with van der Waals surface area (Å²) in [6.07, 6.45) is 0. The molecule has 0 bridgehead atoms. The number of halogens is 1. The van der Waals surface area contributed by atoms with Gasteiger partial charge in [0.25, 0.3) is 5.69 Å². The van der Waals surface area contributed by atoms with Crippen molar-refractivity contribution in [3.05, 3.63) is 49.3 Å². The third kappa shape index (κ3) is 2.89. The predicted molar refractivity (Wildman–Crippen MR) is 59.0 cm³/mol. The second-order valence-electron chi connectivity index (χ2n) is 2.58. The van der Waals surface area contributed by atoms with Gasteiger partial charge in [0.1, 0.15) is 5.56 Å². The zero-order valence-corrected chi connectivity index (χ0v) is 8.68. The quantitative estimate of drug-likeness (QED) is 0.197. The molecule has 0 fully saturated rings. The molecule has 6 nitrogen and oxygen atoms in total. The van der Waals surface area contributed by atoms with E-state index in [1.54, 1.807) is 0 Å². The van der Waals surface area contributed by atoms with Crippen LogP contribution in [0.3, 0.4) is 0 Å². The molecule has 0 unspecified atom stereocenters. The Labute approximate surface area is 95.6 Å². The Kier molecular flexibility index (Phi) is 4.16. The predicted octanol–water partition coefficient (Wildman–Crippen LogP) is 2.91. The molecule has 1 aromatic rings. The average Bonchev–Trinajstić information content (AvgIpc) is 2.25. The molecule has 16 heavy (non-hydrogen) atoms. The van der Waals surface area contributed by atoms with Crippen LogP contribution in [0.4, 0.5) is 5.69 Å². The molecular weight excluding hydrogens is 232 g/mol. The molecule has 0 aromatic heterocycles. The minimum Gasteiger partial charge on any atom is -0.258 e. The molecule has 0 aliphatic carbocycles. The Morgan fingerprint density at radius 3 is 3.00 bits per heavy atom. The summed E-state index contributed by atoms with van der Waals surface area (Å²) in [5.41, 5.74) is 7.98. The van der Waals surface area contributed by atoms with Crippen molar-refractivity contribution in [3.8, 4) is 11.8 Å². The van der Waals surface area contributed by atoms with E-state index in [1.807, 2.05) is 0 Å². The first-order valence-electron chi connectivity index (χ1n) is 4.09. The number of nitro groups is 1. The van der Waals surface area contributed by atoms with Crippen LogP contribution in [0.15, 0.2) is 23.3 Å². The highest BCUT2D eigenvalue weighted by atomic mass is 35.5. The zero-order chi connectivity index (χ0) is 12.0. The van der Waals surface area contributed by atoms with E-state index in [2.05, 4.69) is 21.9 Å². The Morgan fingerprint density at radius 2 is 2.38 bits per heavy atom. The van der Waals surface area contributed by atoms with Crippen molar-refractivity contribution in [1.82, 2.24) is 0 Å². The molecule has 7 heteroatoms. The Bertz CT molecular complexity index is 526. The van der Waals surface area contributed by atoms with Gasteiger partial charge in [-0.05, 0) is 11.6 Å². The Hall–Kier alpha value is -2.22. The lowest BCUT2D eigenvalue weighted by Gasteiger charge is -1.96. The summed E-state index contributed by atoms with van der Waals surface area (Å²) < 4.78 is 0. The smallest absolute Gasteiger partial charge is 0.258 e. The number of nitrogens with zero attached hydrogens (tertiary/aromatic N) is 4. The van der Waals surface area contributed by atoms with Crippen LogP contribution in [-0.4, -0.2) is 11.5 Å². The van der Waals surface area contributed by atoms with Gasteiger partial charge in [0.05, 0.1) is 16.5 Å². The maximum Gasteiger partial charge on any atom is 0.286 e. The maximum absolute atomic E-state index is 10.7. The molecule has 1 rings (SSSR count). The molecule has 80 valence electrons. The summed E-state index contributed by atoms with van der Waals surface area (Å²) in [6, 6.07) is 4.29. The molecule has 0 saturated carbocycles. The number of nitro benzene ring substituents is 1. The van der Waals surface area contributed by atoms with E-state index in [4.69, 9.17) is 17.1 Å². The molecular formula is C9H5ClN4O2. The second-order valence-corrected chi connectivity index (χ2v) is 2.99. The number of hydrogen-bond donors (Lipinski definition) is 0. The molecule has 0 N–H and O–H groups in total. The fourth-order valence-corrected chi connectivity index (χ4v) is 1.20. The number of azide groups is 1. The van der Waals surface area contributed by atoms with Gasteiger partial charge in [0.15, 0.2) is 0 Å². The monoisotopic (exact) mass is 236 g/mol. The van der Waals surface area contributed by atoms with E-state index in [0.29, 0.717) is 0 Å². The Balaban J connectivity index is 3.13. The molecule has 0 amide bonds. The molecule has 0 spiro atoms. The summed E-state index contributed by atoms with van der Waals surface area (Å²) in [4.78, 5) is 12.6. The highest BCUT2D eigenvalue weighted by Crippen LogP contribution is 2.24. The van der Waals surface area contributed by atoms with Gasteiger partial charge in [-0.25, -0.2) is 0 Å². The van der Waals surface area contributed by atoms with Crippen molar-refractivity contribution in [2.24, 2.45) is 5.11 Å². The standard InChI is InChI=1S/C9H5ClN4O2/c10-8-4-1-5-9(14(15)16)7(8)3-2-6-12-13-11/h1,4-5H,6H2. The van der Waals surface area contributed by atoms with Crippen LogP contribution >= 0.6 is 11.6 Å². The van der Waals surface area contributed by atoms with Crippen LogP contribution in [-0.2, 0) is 0 Å². The minimum absolute atomic E-state index is 0.0567. The van der Waals surface area contributed by atoms with Crippen molar-refractivity contribution in [2.75, 3.05) is 6.54 Å². The number of benzene rings is 1. The van der Waals surface area contributed by atoms with E-state index >= 15 is 0 Å². The van der Waals surface area contributed by atoms with E-state index in [-0.39, 0.29) is 22.8 Å². The summed E-state index contributed by atoms with van der Waals surface area (Å²) >= 11 is 5.78. The lowest BCUT2D eigenvalue weighted by molar-refractivity contribution is -0.385. The van der Waals surface area contributed by atoms with Crippen LogP contribution in [0.25, 0.3) is 10.4 Å². The SMILES string of the molecule is [N-]=[N+]=NCC#Cc1c(Cl)cccc1[N+](=O)[O-]. The summed E-state index contributed by atoms with van der Waals surface area (Å²) in [5.74, 6) is 4.99. The number of rotatable bonds is 2. The molecule has 0 radical (unpaired) electrons. The first-order chi connectivity index (χ1) is 7.66. The summed E-state index contributed by atoms with van der Waals surface area (Å²) in [6.45, 7) is -0.0567. The van der Waals surface area contributed by atoms with Crippen LogP contribution in [0.5, 0.6) is 0 Å². The van der Waals surface area contributed by atoms with Crippen molar-refractivity contribution in [1.29, 1.82) is 0 Å². The topological polar surface area (TPSA) is 91.9 Å². The molecule has 0 atom stereocenters. The van der Waals surface area contributed by atoms with Gasteiger partial charge >= 0.3 is 0 Å². The van der Waals surface area contributed by atoms with Crippen LogP contribution in [0.2, 0.25) is 5.02 Å². The fraction of sp³-hybridized carbons (Fsp3) is 0.111. The van der Waals surface area contributed by atoms with Crippen molar-refractivity contribution in [2.45, 2.75) is 0 Å². The van der Waals surface area contributed by atoms with Gasteiger partial charge in [-0.15, -0.1) is 0 Å². The molecule has 0 heterocycles. The normalized spacial score (nSPS) is 8.56. The lowest BCUT2D eigenvalue weighted by Crippen LogP contribution is -1.92. The van der Waals surface area contributed by atoms with E-state index < -0.39 is 4.92 Å². The molecule has 0 saturated heterocycles. The molecule has 0 aliphatic rings. The lowest BCUT2D eigenvalue weighted by atomic mass is 10.2. The third-order valence-corrected chi connectivity index (χ3v) is 1.93. The largest absolute Gasteiger partial charge is 0.286 e. The first-order valence-corrected chi connectivity index (χ1v) is 4.47. The zero-order valence-electron chi connectivity index (χ0n) is 7.92. The van der Waals surface area contributed by atoms with Crippen LogP contribution in [0, 0.1) is 22.0 Å². The number of hydrogen-bond acceptors (Lipinski definition) is 3. The average molecular weight is 237 g/mol. The van der Waals surface area contributed by atoms with Crippen molar-refractivity contribution >= 4 is 17.3 Å². The summed E-state index contributed by atoms with van der Waals surface area (Å²) in [7, 11) is 0. The Morgan fingerprint density at radius 1 is 1.62 bits per heavy atom. The highest BCUT2D eigenvalue weighted by molar-refractivity contribution is 6.32. The van der Waals surface area contributed by atoms with Gasteiger partial charge in [-0.1, -0.05) is 34.6 Å². The van der Waals surface area contributed by atoms with Crippen LogP contribution < -0.4 is 0 Å². The summed E-state index contributed by atoms with van der Waals surface area (Å²) in [5, 5.41) is 14.0. The second kappa shape index (κ2) is 5.61. The van der Waals surface area contributed by atoms with E-state index in [1.165, 1.54) is 18.2 Å². The fourth-order valence-electron chi connectivity index (χ4n) is 0.984. The van der Waals surface area contributed by atoms with Gasteiger partial charge in [-0.3, -0.25) is 10.1 Å². The minimum atomic E-state index is -0.566. The van der Waals surface area contributed by atoms with Crippen molar-refractivity contribution < 1.29 is 4.92 Å². The first kappa shape index (κ1) is 11.9.